The van der Waals surface area contributed by atoms with E-state index in [-0.39, 0.29) is 19.0 Å². The maximum atomic E-state index is 12.8. The Labute approximate surface area is 263 Å². The van der Waals surface area contributed by atoms with Crippen LogP contribution >= 0.6 is 15.9 Å². The Hall–Kier alpha value is -2.54. The number of alkyl halides is 3. The molecule has 2 amide bonds. The molecule has 0 radical (unpaired) electrons. The topological polar surface area (TPSA) is 124 Å². The van der Waals surface area contributed by atoms with E-state index in [9.17, 15) is 22.8 Å². The molecule has 2 unspecified atom stereocenters. The first-order valence-corrected chi connectivity index (χ1v) is 15.3. The fourth-order valence-electron chi connectivity index (χ4n) is 4.58. The average Bonchev–Trinajstić information content (AvgIpc) is 3.69. The highest BCUT2D eigenvalue weighted by Gasteiger charge is 2.71. The summed E-state index contributed by atoms with van der Waals surface area (Å²) in [5, 5.41) is 6.06. The SMILES string of the molecule is C=O.CC.CC.CC/C=C\C/C=C(\CN)C(=O)NCC.COCC12CCN(C(=O)C(F)(F)F)CC1(c1cccc(Br)c1)N2. The van der Waals surface area contributed by atoms with Crippen LogP contribution in [0.4, 0.5) is 13.2 Å². The predicted molar refractivity (Wildman–Crippen MR) is 171 cm³/mol. The maximum absolute atomic E-state index is 12.8. The van der Waals surface area contributed by atoms with Gasteiger partial charge in [0.05, 0.1) is 17.7 Å². The molecule has 2 saturated heterocycles. The van der Waals surface area contributed by atoms with Crippen LogP contribution in [0, 0.1) is 0 Å². The van der Waals surface area contributed by atoms with Gasteiger partial charge in [0.1, 0.15) is 6.79 Å². The summed E-state index contributed by atoms with van der Waals surface area (Å²) in [5.74, 6) is -1.84. The van der Waals surface area contributed by atoms with Crippen molar-refractivity contribution >= 4 is 34.5 Å². The van der Waals surface area contributed by atoms with Gasteiger partial charge >= 0.3 is 12.1 Å². The van der Waals surface area contributed by atoms with E-state index >= 15 is 0 Å². The Morgan fingerprint density at radius 1 is 1.19 bits per heavy atom. The minimum atomic E-state index is -4.85. The van der Waals surface area contributed by atoms with Gasteiger partial charge in [-0.1, -0.05) is 80.9 Å². The Kier molecular flexibility index (Phi) is 21.8. The van der Waals surface area contributed by atoms with E-state index in [2.05, 4.69) is 39.6 Å². The smallest absolute Gasteiger partial charge is 0.383 e. The van der Waals surface area contributed by atoms with Gasteiger partial charge in [-0.3, -0.25) is 14.9 Å². The highest BCUT2D eigenvalue weighted by molar-refractivity contribution is 9.10. The van der Waals surface area contributed by atoms with Crippen LogP contribution in [0.15, 0.2) is 52.5 Å². The van der Waals surface area contributed by atoms with E-state index in [0.717, 1.165) is 27.8 Å². The third kappa shape index (κ3) is 12.5. The Morgan fingerprint density at radius 3 is 2.30 bits per heavy atom. The Balaban J connectivity index is 0. The van der Waals surface area contributed by atoms with E-state index < -0.39 is 23.2 Å². The lowest BCUT2D eigenvalue weighted by Gasteiger charge is -2.36. The zero-order chi connectivity index (χ0) is 33.7. The molecule has 43 heavy (non-hydrogen) atoms. The molecule has 0 bridgehead atoms. The fraction of sp³-hybridized carbons (Fsp3) is 0.581. The van der Waals surface area contributed by atoms with E-state index in [0.29, 0.717) is 31.7 Å². The number of nitrogens with two attached hydrogens (primary N) is 1. The number of fused-ring (bicyclic) bond motifs is 1. The van der Waals surface area contributed by atoms with Gasteiger partial charge in [0.15, 0.2) is 0 Å². The third-order valence-corrected chi connectivity index (χ3v) is 6.93. The highest BCUT2D eigenvalue weighted by atomic mass is 79.9. The molecule has 3 rings (SSSR count). The Morgan fingerprint density at radius 2 is 1.81 bits per heavy atom. The van der Waals surface area contributed by atoms with E-state index in [1.54, 1.807) is 7.11 Å². The number of amides is 2. The number of piperidine rings is 1. The summed E-state index contributed by atoms with van der Waals surface area (Å²) in [5.41, 5.74) is 5.85. The van der Waals surface area contributed by atoms with Gasteiger partial charge in [0, 0.05) is 43.3 Å². The molecule has 2 aliphatic rings. The van der Waals surface area contributed by atoms with Crippen molar-refractivity contribution < 1.29 is 32.3 Å². The molecule has 246 valence electrons. The number of likely N-dealkylation sites (N-methyl/N-ethyl adjacent to an activating group) is 1. The molecule has 8 nitrogen and oxygen atoms in total. The third-order valence-electron chi connectivity index (χ3n) is 6.43. The van der Waals surface area contributed by atoms with Gasteiger partial charge < -0.3 is 25.5 Å². The molecule has 0 aliphatic carbocycles. The lowest BCUT2D eigenvalue weighted by molar-refractivity contribution is -0.187. The number of nitrogens with one attached hydrogen (secondary N) is 2. The van der Waals surface area contributed by atoms with Crippen LogP contribution < -0.4 is 16.4 Å². The first-order valence-electron chi connectivity index (χ1n) is 14.5. The number of carbonyl (C=O) groups is 3. The van der Waals surface area contributed by atoms with Gasteiger partial charge in [-0.15, -0.1) is 0 Å². The van der Waals surface area contributed by atoms with E-state index in [4.69, 9.17) is 15.3 Å². The number of carbonyl (C=O) groups excluding carboxylic acids is 3. The number of methoxy groups -OCH3 is 1. The zero-order valence-corrected chi connectivity index (χ0v) is 28.2. The van der Waals surface area contributed by atoms with Crippen molar-refractivity contribution in [2.75, 3.05) is 39.9 Å². The summed E-state index contributed by atoms with van der Waals surface area (Å²) in [6, 6.07) is 7.40. The monoisotopic (exact) mass is 678 g/mol. The van der Waals surface area contributed by atoms with Gasteiger partial charge in [0.25, 0.3) is 0 Å². The second kappa shape index (κ2) is 22.0. The van der Waals surface area contributed by atoms with Gasteiger partial charge in [-0.2, -0.15) is 13.2 Å². The summed E-state index contributed by atoms with van der Waals surface area (Å²) in [4.78, 5) is 31.9. The van der Waals surface area contributed by atoms with E-state index in [1.807, 2.05) is 77.8 Å². The Bertz CT molecular complexity index is 1020. The van der Waals surface area contributed by atoms with Crippen LogP contribution in [0.1, 0.15) is 66.4 Å². The second-order valence-corrected chi connectivity index (χ2v) is 9.85. The molecule has 12 heteroatoms. The number of halogens is 4. The zero-order valence-electron chi connectivity index (χ0n) is 26.6. The van der Waals surface area contributed by atoms with Crippen LogP contribution in [0.2, 0.25) is 0 Å². The molecule has 1 aromatic carbocycles. The number of hydrogen-bond acceptors (Lipinski definition) is 6. The number of hydrogen-bond donors (Lipinski definition) is 3. The van der Waals surface area contributed by atoms with Crippen LogP contribution in [0.5, 0.6) is 0 Å². The van der Waals surface area contributed by atoms with Crippen molar-refractivity contribution in [1.29, 1.82) is 0 Å². The summed E-state index contributed by atoms with van der Waals surface area (Å²) in [6.07, 6.45) is 3.34. The molecule has 0 aromatic heterocycles. The molecule has 2 aliphatic heterocycles. The minimum absolute atomic E-state index is 0.0227. The van der Waals surface area contributed by atoms with Gasteiger partial charge in [-0.25, -0.2) is 0 Å². The molecule has 2 heterocycles. The quantitative estimate of drug-likeness (QED) is 0.176. The van der Waals surface area contributed by atoms with Gasteiger partial charge in [-0.05, 0) is 43.9 Å². The molecule has 0 saturated carbocycles. The summed E-state index contributed by atoms with van der Waals surface area (Å²) >= 11 is 3.38. The number of benzene rings is 1. The number of nitrogens with zero attached hydrogens (tertiary/aromatic N) is 1. The molecular weight excluding hydrogens is 629 g/mol. The number of allylic oxidation sites excluding steroid dienone is 3. The molecule has 4 N–H and O–H groups in total. The first kappa shape index (κ1) is 42.6. The van der Waals surface area contributed by atoms with Crippen molar-refractivity contribution in [3.8, 4) is 0 Å². The van der Waals surface area contributed by atoms with Crippen molar-refractivity contribution in [1.82, 2.24) is 15.5 Å². The number of likely N-dealkylation sites (tertiary alicyclic amines) is 1. The standard InChI is InChI=1S/C15H16BrF3N2O2.C11H20N2O.2C2H6.CH2O/c1-23-9-13-5-6-21(12(22)15(17,18)19)8-14(13,20-13)10-3-2-4-11(16)7-10;1-3-5-6-7-8-10(9-12)11(14)13-4-2;3*1-2/h2-4,7,20H,5-6,8-9H2,1H3;5-6,8H,3-4,7,9,12H2,1-2H3,(H,13,14);2*1-2H3;1H2/b;6-5-,10-8+;;;. The second-order valence-electron chi connectivity index (χ2n) is 8.94. The summed E-state index contributed by atoms with van der Waals surface area (Å²) < 4.78 is 44.4. The lowest BCUT2D eigenvalue weighted by Crippen LogP contribution is -2.52. The summed E-state index contributed by atoms with van der Waals surface area (Å²) in [7, 11) is 1.56. The highest BCUT2D eigenvalue weighted by Crippen LogP contribution is 2.53. The van der Waals surface area contributed by atoms with Crippen molar-refractivity contribution in [2.45, 2.75) is 78.1 Å². The maximum Gasteiger partial charge on any atom is 0.471 e. The number of ether oxygens (including phenoxy) is 1. The minimum Gasteiger partial charge on any atom is -0.383 e. The number of rotatable bonds is 9. The van der Waals surface area contributed by atoms with Crippen LogP contribution in [0.25, 0.3) is 0 Å². The lowest BCUT2D eigenvalue weighted by atomic mass is 9.81. The summed E-state index contributed by atoms with van der Waals surface area (Å²) in [6.45, 7) is 15.3. The fourth-order valence-corrected chi connectivity index (χ4v) is 4.97. The van der Waals surface area contributed by atoms with Gasteiger partial charge in [0.2, 0.25) is 5.91 Å². The molecule has 2 fully saturated rings. The van der Waals surface area contributed by atoms with Crippen LogP contribution in [-0.2, 0) is 24.7 Å². The molecular formula is C31H50BrF3N4O4. The van der Waals surface area contributed by atoms with Crippen molar-refractivity contribution in [3.63, 3.8) is 0 Å². The van der Waals surface area contributed by atoms with Crippen molar-refractivity contribution in [2.24, 2.45) is 5.73 Å². The van der Waals surface area contributed by atoms with Crippen LogP contribution in [0.3, 0.4) is 0 Å². The van der Waals surface area contributed by atoms with Crippen LogP contribution in [-0.4, -0.2) is 75.1 Å². The normalized spacial score (nSPS) is 20.4. The molecule has 2 atom stereocenters. The predicted octanol–water partition coefficient (Wildman–Crippen LogP) is 5.66. The average molecular weight is 680 g/mol. The van der Waals surface area contributed by atoms with E-state index in [1.165, 1.54) is 0 Å². The molecule has 1 aromatic rings. The first-order chi connectivity index (χ1) is 20.5. The molecule has 0 spiro atoms. The largest absolute Gasteiger partial charge is 0.471 e. The van der Waals surface area contributed by atoms with Crippen molar-refractivity contribution in [3.05, 3.63) is 58.1 Å².